The molecular formula is C19H20N2O5. The zero-order valence-corrected chi connectivity index (χ0v) is 14.9. The third-order valence-electron chi connectivity index (χ3n) is 4.45. The zero-order chi connectivity index (χ0) is 18.9. The van der Waals surface area contributed by atoms with Crippen LogP contribution in [0.5, 0.6) is 0 Å². The van der Waals surface area contributed by atoms with Crippen LogP contribution in [0, 0.1) is 6.92 Å². The summed E-state index contributed by atoms with van der Waals surface area (Å²) in [5, 5.41) is 2.73. The summed E-state index contributed by atoms with van der Waals surface area (Å²) in [6.45, 7) is 5.38. The van der Waals surface area contributed by atoms with Gasteiger partial charge in [0, 0.05) is 0 Å². The predicted molar refractivity (Wildman–Crippen MR) is 92.3 cm³/mol. The van der Waals surface area contributed by atoms with Gasteiger partial charge in [-0.05, 0) is 32.4 Å². The minimum atomic E-state index is -1.17. The first-order valence-electron chi connectivity index (χ1n) is 8.31. The number of imide groups is 1. The molecule has 0 radical (unpaired) electrons. The maximum Gasteiger partial charge on any atom is 0.341 e. The molecular weight excluding hydrogens is 336 g/mol. The zero-order valence-electron chi connectivity index (χ0n) is 14.9. The van der Waals surface area contributed by atoms with Gasteiger partial charge in [-0.3, -0.25) is 9.69 Å². The molecule has 1 aromatic carbocycles. The summed E-state index contributed by atoms with van der Waals surface area (Å²) in [7, 11) is 0. The topological polar surface area (TPSA) is 88.8 Å². The van der Waals surface area contributed by atoms with Gasteiger partial charge in [0.25, 0.3) is 5.91 Å². The predicted octanol–water partition coefficient (Wildman–Crippen LogP) is 2.73. The van der Waals surface area contributed by atoms with Crippen LogP contribution >= 0.6 is 0 Å². The van der Waals surface area contributed by atoms with Crippen molar-refractivity contribution in [3.05, 3.63) is 59.0 Å². The normalized spacial score (nSPS) is 19.6. The number of furan rings is 1. The molecule has 3 amide bonds. The minimum Gasteiger partial charge on any atom is -0.467 e. The van der Waals surface area contributed by atoms with Crippen LogP contribution in [-0.4, -0.2) is 29.4 Å². The molecule has 0 bridgehead atoms. The summed E-state index contributed by atoms with van der Waals surface area (Å²) in [6.07, 6.45) is 1.33. The number of urea groups is 1. The Balaban J connectivity index is 1.86. The highest BCUT2D eigenvalue weighted by molar-refractivity contribution is 6.07. The van der Waals surface area contributed by atoms with Crippen LogP contribution in [-0.2, 0) is 21.6 Å². The fraction of sp³-hybridized carbons (Fsp3) is 0.316. The van der Waals surface area contributed by atoms with E-state index in [4.69, 9.17) is 9.15 Å². The van der Waals surface area contributed by atoms with Crippen molar-refractivity contribution in [1.29, 1.82) is 0 Å². The van der Waals surface area contributed by atoms with Crippen molar-refractivity contribution in [2.24, 2.45) is 0 Å². The van der Waals surface area contributed by atoms with Crippen LogP contribution < -0.4 is 5.32 Å². The van der Waals surface area contributed by atoms with Crippen molar-refractivity contribution >= 4 is 17.9 Å². The number of hydrogen-bond donors (Lipinski definition) is 1. The highest BCUT2D eigenvalue weighted by Crippen LogP contribution is 2.30. The monoisotopic (exact) mass is 356 g/mol. The largest absolute Gasteiger partial charge is 0.467 e. The number of hydrogen-bond acceptors (Lipinski definition) is 5. The molecule has 0 saturated carbocycles. The molecule has 136 valence electrons. The molecule has 7 nitrogen and oxygen atoms in total. The Morgan fingerprint density at radius 3 is 2.58 bits per heavy atom. The van der Waals surface area contributed by atoms with Gasteiger partial charge in [-0.25, -0.2) is 9.59 Å². The Bertz CT molecular complexity index is 855. The Kier molecular flexibility index (Phi) is 4.54. The van der Waals surface area contributed by atoms with Gasteiger partial charge < -0.3 is 14.5 Å². The van der Waals surface area contributed by atoms with E-state index in [-0.39, 0.29) is 24.5 Å². The minimum absolute atomic E-state index is 0.146. The fourth-order valence-electron chi connectivity index (χ4n) is 2.92. The third kappa shape index (κ3) is 2.96. The lowest BCUT2D eigenvalue weighted by atomic mass is 9.91. The second-order valence-electron chi connectivity index (χ2n) is 6.29. The van der Waals surface area contributed by atoms with Crippen LogP contribution in [0.25, 0.3) is 0 Å². The second kappa shape index (κ2) is 6.67. The molecule has 26 heavy (non-hydrogen) atoms. The van der Waals surface area contributed by atoms with E-state index in [0.29, 0.717) is 5.56 Å². The molecule has 3 rings (SSSR count). The molecule has 7 heteroatoms. The molecule has 1 fully saturated rings. The lowest BCUT2D eigenvalue weighted by Gasteiger charge is -2.22. The second-order valence-corrected chi connectivity index (χ2v) is 6.29. The van der Waals surface area contributed by atoms with Crippen LogP contribution in [0.2, 0.25) is 0 Å². The number of aryl methyl sites for hydroxylation is 1. The van der Waals surface area contributed by atoms with E-state index in [1.165, 1.54) is 12.3 Å². The highest BCUT2D eigenvalue weighted by atomic mass is 16.5. The van der Waals surface area contributed by atoms with Gasteiger partial charge in [0.2, 0.25) is 0 Å². The van der Waals surface area contributed by atoms with Crippen molar-refractivity contribution in [3.8, 4) is 0 Å². The molecule has 1 atom stereocenters. The number of carbonyl (C=O) groups is 3. The summed E-state index contributed by atoms with van der Waals surface area (Å²) in [5.74, 6) is -0.748. The number of amides is 3. The average molecular weight is 356 g/mol. The summed E-state index contributed by atoms with van der Waals surface area (Å²) in [4.78, 5) is 38.4. The summed E-state index contributed by atoms with van der Waals surface area (Å²) in [6, 6.07) is 8.32. The summed E-state index contributed by atoms with van der Waals surface area (Å²) < 4.78 is 10.3. The SMILES string of the molecule is CCOC(=O)c1ccoc1CN1C(=O)N[C@@](C)(c2ccc(C)cc2)C1=O. The third-order valence-corrected chi connectivity index (χ3v) is 4.45. The van der Waals surface area contributed by atoms with E-state index in [2.05, 4.69) is 5.32 Å². The van der Waals surface area contributed by atoms with Gasteiger partial charge in [0.15, 0.2) is 0 Å². The molecule has 1 aliphatic heterocycles. The number of carbonyl (C=O) groups excluding carboxylic acids is 3. The summed E-state index contributed by atoms with van der Waals surface area (Å²) >= 11 is 0. The number of rotatable bonds is 5. The van der Waals surface area contributed by atoms with E-state index in [1.54, 1.807) is 13.8 Å². The van der Waals surface area contributed by atoms with E-state index in [1.807, 2.05) is 31.2 Å². The molecule has 1 N–H and O–H groups in total. The van der Waals surface area contributed by atoms with Gasteiger partial charge in [0.1, 0.15) is 16.9 Å². The first-order valence-corrected chi connectivity index (χ1v) is 8.31. The van der Waals surface area contributed by atoms with Gasteiger partial charge in [-0.2, -0.15) is 0 Å². The number of esters is 1. The Morgan fingerprint density at radius 2 is 1.92 bits per heavy atom. The van der Waals surface area contributed by atoms with E-state index >= 15 is 0 Å². The fourth-order valence-corrected chi connectivity index (χ4v) is 2.92. The molecule has 0 aliphatic carbocycles. The molecule has 2 heterocycles. The summed E-state index contributed by atoms with van der Waals surface area (Å²) in [5.41, 5.74) is 0.785. The van der Waals surface area contributed by atoms with Crippen molar-refractivity contribution < 1.29 is 23.5 Å². The van der Waals surface area contributed by atoms with Gasteiger partial charge >= 0.3 is 12.0 Å². The standard InChI is InChI=1S/C19H20N2O5/c1-4-25-16(22)14-9-10-26-15(14)11-21-17(23)19(3,20-18(21)24)13-7-5-12(2)6-8-13/h5-10H,4,11H2,1-3H3,(H,20,24)/t19-/m0/s1. The van der Waals surface area contributed by atoms with Crippen molar-refractivity contribution in [3.63, 3.8) is 0 Å². The van der Waals surface area contributed by atoms with Crippen LogP contribution in [0.1, 0.15) is 41.1 Å². The van der Waals surface area contributed by atoms with E-state index in [0.717, 1.165) is 10.5 Å². The highest BCUT2D eigenvalue weighted by Gasteiger charge is 2.49. The van der Waals surface area contributed by atoms with Crippen LogP contribution in [0.3, 0.4) is 0 Å². The first kappa shape index (κ1) is 17.7. The van der Waals surface area contributed by atoms with Crippen LogP contribution in [0.4, 0.5) is 4.79 Å². The lowest BCUT2D eigenvalue weighted by Crippen LogP contribution is -2.40. The maximum absolute atomic E-state index is 12.9. The maximum atomic E-state index is 12.9. The van der Waals surface area contributed by atoms with Crippen molar-refractivity contribution in [1.82, 2.24) is 10.2 Å². The molecule has 1 aliphatic rings. The number of nitrogens with one attached hydrogen (secondary N) is 1. The Morgan fingerprint density at radius 1 is 1.23 bits per heavy atom. The van der Waals surface area contributed by atoms with Gasteiger partial charge in [-0.15, -0.1) is 0 Å². The van der Waals surface area contributed by atoms with Gasteiger partial charge in [-0.1, -0.05) is 29.8 Å². The van der Waals surface area contributed by atoms with E-state index in [9.17, 15) is 14.4 Å². The van der Waals surface area contributed by atoms with Gasteiger partial charge in [0.05, 0.1) is 19.4 Å². The van der Waals surface area contributed by atoms with Crippen molar-refractivity contribution in [2.45, 2.75) is 32.9 Å². The molecule has 1 aromatic heterocycles. The molecule has 1 saturated heterocycles. The molecule has 2 aromatic rings. The Hall–Kier alpha value is -3.09. The average Bonchev–Trinajstić information content (AvgIpc) is 3.15. The number of ether oxygens (including phenoxy) is 1. The number of nitrogens with zero attached hydrogens (tertiary/aromatic N) is 1. The lowest BCUT2D eigenvalue weighted by molar-refractivity contribution is -0.131. The Labute approximate surface area is 150 Å². The number of benzene rings is 1. The first-order chi connectivity index (χ1) is 12.4. The smallest absolute Gasteiger partial charge is 0.341 e. The molecule has 0 spiro atoms. The molecule has 0 unspecified atom stereocenters. The van der Waals surface area contributed by atoms with E-state index < -0.39 is 23.4 Å². The van der Waals surface area contributed by atoms with Crippen molar-refractivity contribution in [2.75, 3.05) is 6.61 Å². The van der Waals surface area contributed by atoms with Crippen LogP contribution in [0.15, 0.2) is 41.0 Å². The quantitative estimate of drug-likeness (QED) is 0.657.